The van der Waals surface area contributed by atoms with E-state index >= 15 is 0 Å². The molecule has 17 heavy (non-hydrogen) atoms. The van der Waals surface area contributed by atoms with E-state index in [1.54, 1.807) is 0 Å². The smallest absolute Gasteiger partial charge is 0.0703 e. The summed E-state index contributed by atoms with van der Waals surface area (Å²) in [5.41, 5.74) is 0.289. The summed E-state index contributed by atoms with van der Waals surface area (Å²) >= 11 is 0. The number of rotatable bonds is 3. The zero-order valence-electron chi connectivity index (χ0n) is 11.2. The fraction of sp³-hybridized carbons (Fsp3) is 1.00. The van der Waals surface area contributed by atoms with Crippen LogP contribution in [0.15, 0.2) is 0 Å². The molecule has 1 N–H and O–H groups in total. The third kappa shape index (κ3) is 2.67. The minimum atomic E-state index is 0.289. The molecular weight excluding hydrogens is 212 g/mol. The van der Waals surface area contributed by atoms with Gasteiger partial charge in [-0.2, -0.15) is 0 Å². The van der Waals surface area contributed by atoms with Gasteiger partial charge in [0.2, 0.25) is 0 Å². The molecule has 3 heteroatoms. The lowest BCUT2D eigenvalue weighted by molar-refractivity contribution is 0.00521. The van der Waals surface area contributed by atoms with Crippen molar-refractivity contribution >= 4 is 0 Å². The summed E-state index contributed by atoms with van der Waals surface area (Å²) in [6, 6.07) is 0.740. The van der Waals surface area contributed by atoms with Crippen molar-refractivity contribution in [3.8, 4) is 0 Å². The molecule has 0 bridgehead atoms. The first kappa shape index (κ1) is 11.9. The Kier molecular flexibility index (Phi) is 3.18. The summed E-state index contributed by atoms with van der Waals surface area (Å²) < 4.78 is 5.80. The molecule has 0 aromatic heterocycles. The fourth-order valence-corrected chi connectivity index (χ4v) is 3.21. The highest BCUT2D eigenvalue weighted by molar-refractivity contribution is 4.99. The molecule has 0 spiro atoms. The molecule has 2 atom stereocenters. The number of hydrogen-bond acceptors (Lipinski definition) is 3. The van der Waals surface area contributed by atoms with Crippen LogP contribution in [-0.2, 0) is 4.74 Å². The van der Waals surface area contributed by atoms with Gasteiger partial charge in [-0.3, -0.25) is 4.90 Å². The van der Waals surface area contributed by atoms with Crippen LogP contribution in [0.25, 0.3) is 0 Å². The fourth-order valence-electron chi connectivity index (χ4n) is 3.21. The van der Waals surface area contributed by atoms with Crippen LogP contribution in [0.2, 0.25) is 0 Å². The molecule has 3 rings (SSSR count). The zero-order chi connectivity index (χ0) is 11.9. The predicted molar refractivity (Wildman–Crippen MR) is 69.1 cm³/mol. The third-order valence-electron chi connectivity index (χ3n) is 4.71. The first-order chi connectivity index (χ1) is 8.15. The molecule has 1 saturated carbocycles. The van der Waals surface area contributed by atoms with Gasteiger partial charge in [-0.15, -0.1) is 0 Å². The zero-order valence-corrected chi connectivity index (χ0v) is 11.2. The Morgan fingerprint density at radius 2 is 2.12 bits per heavy atom. The average molecular weight is 238 g/mol. The maximum Gasteiger partial charge on any atom is 0.0703 e. The van der Waals surface area contributed by atoms with E-state index in [4.69, 9.17) is 4.74 Å². The van der Waals surface area contributed by atoms with Crippen molar-refractivity contribution in [3.05, 3.63) is 0 Å². The van der Waals surface area contributed by atoms with Gasteiger partial charge in [0.1, 0.15) is 0 Å². The maximum atomic E-state index is 5.80. The lowest BCUT2D eigenvalue weighted by atomic mass is 9.95. The average Bonchev–Trinajstić information content (AvgIpc) is 3.00. The molecule has 0 radical (unpaired) electrons. The van der Waals surface area contributed by atoms with Gasteiger partial charge in [-0.25, -0.2) is 0 Å². The van der Waals surface area contributed by atoms with Crippen molar-refractivity contribution in [2.45, 2.75) is 57.2 Å². The van der Waals surface area contributed by atoms with Crippen LogP contribution in [0.1, 0.15) is 39.5 Å². The van der Waals surface area contributed by atoms with Gasteiger partial charge in [0.05, 0.1) is 6.10 Å². The van der Waals surface area contributed by atoms with Crippen molar-refractivity contribution in [3.63, 3.8) is 0 Å². The SMILES string of the molecule is CC1(C)CNC(C2CC2)CN1CC1CCCO1. The molecule has 0 aromatic rings. The summed E-state index contributed by atoms with van der Waals surface area (Å²) in [5, 5.41) is 3.74. The minimum absolute atomic E-state index is 0.289. The number of ether oxygens (including phenoxy) is 1. The van der Waals surface area contributed by atoms with E-state index in [0.717, 1.165) is 31.7 Å². The van der Waals surface area contributed by atoms with Gasteiger partial charge < -0.3 is 10.1 Å². The predicted octanol–water partition coefficient (Wildman–Crippen LogP) is 1.63. The first-order valence-corrected chi connectivity index (χ1v) is 7.25. The second-order valence-electron chi connectivity index (χ2n) is 6.68. The van der Waals surface area contributed by atoms with Gasteiger partial charge in [0.15, 0.2) is 0 Å². The van der Waals surface area contributed by atoms with Crippen molar-refractivity contribution in [1.82, 2.24) is 10.2 Å². The highest BCUT2D eigenvalue weighted by Crippen LogP contribution is 2.35. The minimum Gasteiger partial charge on any atom is -0.377 e. The second kappa shape index (κ2) is 4.52. The Hall–Kier alpha value is -0.120. The number of nitrogens with zero attached hydrogens (tertiary/aromatic N) is 1. The number of piperazine rings is 1. The molecule has 3 aliphatic rings. The van der Waals surface area contributed by atoms with E-state index < -0.39 is 0 Å². The molecular formula is C14H26N2O. The van der Waals surface area contributed by atoms with Crippen molar-refractivity contribution in [2.24, 2.45) is 5.92 Å². The second-order valence-corrected chi connectivity index (χ2v) is 6.68. The molecule has 2 heterocycles. The van der Waals surface area contributed by atoms with Crippen LogP contribution >= 0.6 is 0 Å². The molecule has 0 amide bonds. The topological polar surface area (TPSA) is 24.5 Å². The van der Waals surface area contributed by atoms with E-state index in [1.807, 2.05) is 0 Å². The van der Waals surface area contributed by atoms with Gasteiger partial charge >= 0.3 is 0 Å². The van der Waals surface area contributed by atoms with Crippen LogP contribution in [0.4, 0.5) is 0 Å². The largest absolute Gasteiger partial charge is 0.377 e. The van der Waals surface area contributed by atoms with E-state index in [9.17, 15) is 0 Å². The first-order valence-electron chi connectivity index (χ1n) is 7.25. The molecule has 2 aliphatic heterocycles. The molecule has 2 saturated heterocycles. The lowest BCUT2D eigenvalue weighted by Gasteiger charge is -2.47. The molecule has 1 aliphatic carbocycles. The summed E-state index contributed by atoms with van der Waals surface area (Å²) in [5.74, 6) is 0.957. The monoisotopic (exact) mass is 238 g/mol. The summed E-state index contributed by atoms with van der Waals surface area (Å²) in [7, 11) is 0. The summed E-state index contributed by atoms with van der Waals surface area (Å²) in [4.78, 5) is 2.67. The summed E-state index contributed by atoms with van der Waals surface area (Å²) in [6.07, 6.45) is 5.88. The van der Waals surface area contributed by atoms with Crippen LogP contribution in [0.5, 0.6) is 0 Å². The molecule has 2 unspecified atom stereocenters. The van der Waals surface area contributed by atoms with E-state index in [1.165, 1.54) is 32.2 Å². The molecule has 98 valence electrons. The summed E-state index contributed by atoms with van der Waals surface area (Å²) in [6.45, 7) is 9.18. The highest BCUT2D eigenvalue weighted by atomic mass is 16.5. The van der Waals surface area contributed by atoms with Crippen molar-refractivity contribution in [2.75, 3.05) is 26.2 Å². The van der Waals surface area contributed by atoms with Crippen LogP contribution in [-0.4, -0.2) is 48.8 Å². The lowest BCUT2D eigenvalue weighted by Crippen LogP contribution is -2.63. The van der Waals surface area contributed by atoms with Gasteiger partial charge in [-0.05, 0) is 45.4 Å². The van der Waals surface area contributed by atoms with Gasteiger partial charge in [0, 0.05) is 37.8 Å². The normalized spacial score (nSPS) is 38.5. The quantitative estimate of drug-likeness (QED) is 0.809. The van der Waals surface area contributed by atoms with Crippen LogP contribution < -0.4 is 5.32 Å². The van der Waals surface area contributed by atoms with E-state index in [2.05, 4.69) is 24.1 Å². The molecule has 3 fully saturated rings. The Labute approximate surface area is 105 Å². The Morgan fingerprint density at radius 1 is 1.29 bits per heavy atom. The highest BCUT2D eigenvalue weighted by Gasteiger charge is 2.41. The number of hydrogen-bond donors (Lipinski definition) is 1. The Balaban J connectivity index is 1.60. The standard InChI is InChI=1S/C14H26N2O/c1-14(2)10-15-13(11-5-6-11)9-16(14)8-12-4-3-7-17-12/h11-13,15H,3-10H2,1-2H3. The molecule has 3 nitrogen and oxygen atoms in total. The van der Waals surface area contributed by atoms with E-state index in [-0.39, 0.29) is 5.54 Å². The third-order valence-corrected chi connectivity index (χ3v) is 4.71. The van der Waals surface area contributed by atoms with Gasteiger partial charge in [0.25, 0.3) is 0 Å². The van der Waals surface area contributed by atoms with Gasteiger partial charge in [-0.1, -0.05) is 0 Å². The Morgan fingerprint density at radius 3 is 2.76 bits per heavy atom. The van der Waals surface area contributed by atoms with Crippen LogP contribution in [0.3, 0.4) is 0 Å². The Bertz CT molecular complexity index is 267. The molecule has 0 aromatic carbocycles. The van der Waals surface area contributed by atoms with Crippen molar-refractivity contribution < 1.29 is 4.74 Å². The maximum absolute atomic E-state index is 5.80. The van der Waals surface area contributed by atoms with E-state index in [0.29, 0.717) is 6.10 Å². The van der Waals surface area contributed by atoms with Crippen molar-refractivity contribution in [1.29, 1.82) is 0 Å². The van der Waals surface area contributed by atoms with Crippen LogP contribution in [0, 0.1) is 5.92 Å². The number of nitrogens with one attached hydrogen (secondary N) is 1.